The molecule has 0 atom stereocenters. The minimum atomic E-state index is -5.00. The van der Waals surface area contributed by atoms with Gasteiger partial charge in [-0.25, -0.2) is 0 Å². The Hall–Kier alpha value is -4.65. The molecule has 0 fully saturated rings. The largest absolute Gasteiger partial charge is 0.416 e. The maximum Gasteiger partial charge on any atom is 0.416 e. The fourth-order valence-electron chi connectivity index (χ4n) is 7.39. The van der Waals surface area contributed by atoms with E-state index in [9.17, 15) is 79.0 Å². The normalized spacial score (nSPS) is 13.5. The summed E-state index contributed by atoms with van der Waals surface area (Å²) in [4.78, 5) is 0. The van der Waals surface area contributed by atoms with Crippen molar-refractivity contribution in [3.05, 3.63) is 179 Å². The zero-order chi connectivity index (χ0) is 50.3. The van der Waals surface area contributed by atoms with Crippen molar-refractivity contribution < 1.29 is 79.0 Å². The van der Waals surface area contributed by atoms with Crippen molar-refractivity contribution in [3.8, 4) is 0 Å². The summed E-state index contributed by atoms with van der Waals surface area (Å²) in [6.45, 7) is 1.39. The van der Waals surface area contributed by atoms with Gasteiger partial charge < -0.3 is 0 Å². The molecule has 0 aromatic heterocycles. The number of alkyl halides is 18. The molecule has 0 heterocycles. The van der Waals surface area contributed by atoms with Crippen LogP contribution in [0.15, 0.2) is 146 Å². The minimum Gasteiger partial charge on any atom is -0.166 e. The van der Waals surface area contributed by atoms with E-state index in [0.717, 1.165) is 36.4 Å². The zero-order valence-corrected chi connectivity index (χ0v) is 37.3. The Morgan fingerprint density at radius 3 is 0.544 bits per heavy atom. The van der Waals surface area contributed by atoms with Gasteiger partial charge in [0.05, 0.1) is 33.4 Å². The molecule has 0 aliphatic heterocycles. The van der Waals surface area contributed by atoms with Crippen LogP contribution in [0.3, 0.4) is 0 Å². The molecular formula is C47H33F18P3. The van der Waals surface area contributed by atoms with Gasteiger partial charge in [-0.1, -0.05) is 79.7 Å². The van der Waals surface area contributed by atoms with Crippen LogP contribution >= 0.6 is 23.8 Å². The number of hydrogen-bond acceptors (Lipinski definition) is 0. The first-order valence-electron chi connectivity index (χ1n) is 19.7. The van der Waals surface area contributed by atoms with Crippen LogP contribution < -0.4 is 31.8 Å². The highest BCUT2D eigenvalue weighted by Crippen LogP contribution is 2.54. The van der Waals surface area contributed by atoms with Crippen LogP contribution in [0.2, 0.25) is 0 Å². The Morgan fingerprint density at radius 1 is 0.265 bits per heavy atom. The second-order valence-corrected chi connectivity index (χ2v) is 22.5. The Labute approximate surface area is 380 Å². The molecule has 6 rings (SSSR count). The molecule has 0 amide bonds. The average Bonchev–Trinajstić information content (AvgIpc) is 3.25. The van der Waals surface area contributed by atoms with E-state index in [4.69, 9.17) is 0 Å². The van der Waals surface area contributed by atoms with Gasteiger partial charge in [-0.15, -0.1) is 0 Å². The number of halogens is 18. The highest BCUT2D eigenvalue weighted by molar-refractivity contribution is 7.75. The fourth-order valence-corrected chi connectivity index (χ4v) is 16.2. The summed E-state index contributed by atoms with van der Waals surface area (Å²) < 4.78 is 257. The van der Waals surface area contributed by atoms with Crippen LogP contribution in [0, 0.1) is 5.41 Å². The first kappa shape index (κ1) is 52.7. The van der Waals surface area contributed by atoms with E-state index in [1.807, 2.05) is 0 Å². The topological polar surface area (TPSA) is 0 Å². The van der Waals surface area contributed by atoms with Crippen LogP contribution in [0.25, 0.3) is 0 Å². The Balaban J connectivity index is 1.68. The molecule has 0 unspecified atom stereocenters. The summed E-state index contributed by atoms with van der Waals surface area (Å²) in [5, 5.41) is -1.14. The summed E-state index contributed by atoms with van der Waals surface area (Å²) in [7, 11) is -7.50. The molecule has 0 radical (unpaired) electrons. The van der Waals surface area contributed by atoms with Gasteiger partial charge in [-0.3, -0.25) is 0 Å². The second kappa shape index (κ2) is 19.6. The van der Waals surface area contributed by atoms with E-state index in [-0.39, 0.29) is 31.8 Å². The average molecular weight is 1030 g/mol. The van der Waals surface area contributed by atoms with Gasteiger partial charge in [0.15, 0.2) is 0 Å². The van der Waals surface area contributed by atoms with E-state index in [0.29, 0.717) is 72.8 Å². The summed E-state index contributed by atoms with van der Waals surface area (Å²) in [5.74, 6) is 0. The highest BCUT2D eigenvalue weighted by atomic mass is 31.1. The van der Waals surface area contributed by atoms with Crippen molar-refractivity contribution in [1.29, 1.82) is 0 Å². The third-order valence-corrected chi connectivity index (χ3v) is 19.2. The predicted molar refractivity (Wildman–Crippen MR) is 230 cm³/mol. The minimum absolute atomic E-state index is 0.190. The van der Waals surface area contributed by atoms with Crippen molar-refractivity contribution in [1.82, 2.24) is 0 Å². The maximum absolute atomic E-state index is 14.3. The van der Waals surface area contributed by atoms with Crippen LogP contribution in [-0.4, -0.2) is 18.5 Å². The summed E-state index contributed by atoms with van der Waals surface area (Å²) in [6, 6.07) is 21.2. The third kappa shape index (κ3) is 13.2. The van der Waals surface area contributed by atoms with Gasteiger partial charge in [0.2, 0.25) is 0 Å². The number of benzene rings is 6. The van der Waals surface area contributed by atoms with Gasteiger partial charge in [0, 0.05) is 0 Å². The molecule has 21 heteroatoms. The fraction of sp³-hybridized carbons (Fsp3) is 0.234. The van der Waals surface area contributed by atoms with Gasteiger partial charge in [0.1, 0.15) is 0 Å². The summed E-state index contributed by atoms with van der Waals surface area (Å²) in [6.07, 6.45) is -31.6. The van der Waals surface area contributed by atoms with E-state index >= 15 is 0 Å². The van der Waals surface area contributed by atoms with Crippen LogP contribution in [0.4, 0.5) is 79.0 Å². The molecule has 6 aromatic carbocycles. The van der Waals surface area contributed by atoms with Crippen molar-refractivity contribution in [2.45, 2.75) is 44.0 Å². The maximum atomic E-state index is 14.3. The molecule has 0 saturated carbocycles. The first-order valence-corrected chi connectivity index (χ1v) is 24.3. The first-order chi connectivity index (χ1) is 31.3. The number of hydrogen-bond donors (Lipinski definition) is 0. The molecule has 0 bridgehead atoms. The highest BCUT2D eigenvalue weighted by Gasteiger charge is 2.42. The SMILES string of the molecule is CC(CP(c1cccc(C(F)(F)F)c1)c1cccc(C(F)(F)F)c1)(CP(c1cccc(C(F)(F)F)c1)c1cccc(C(F)(F)F)c1)CP(c1cccc(C(F)(F)F)c1)c1cccc(C(F)(F)F)c1. The number of rotatable bonds is 12. The van der Waals surface area contributed by atoms with E-state index in [1.54, 1.807) is 0 Å². The Bertz CT molecular complexity index is 2230. The van der Waals surface area contributed by atoms with Crippen LogP contribution in [0.1, 0.15) is 40.3 Å². The van der Waals surface area contributed by atoms with Gasteiger partial charge in [0.25, 0.3) is 0 Å². The van der Waals surface area contributed by atoms with Gasteiger partial charge in [-0.05, 0) is 152 Å². The lowest BCUT2D eigenvalue weighted by molar-refractivity contribution is -0.138. The molecule has 0 spiro atoms. The van der Waals surface area contributed by atoms with E-state index in [1.165, 1.54) is 43.3 Å². The molecule has 68 heavy (non-hydrogen) atoms. The lowest BCUT2D eigenvalue weighted by Gasteiger charge is -2.40. The van der Waals surface area contributed by atoms with Crippen molar-refractivity contribution >= 4 is 55.6 Å². The predicted octanol–water partition coefficient (Wildman–Crippen LogP) is 14.5. The van der Waals surface area contributed by atoms with Crippen molar-refractivity contribution in [3.63, 3.8) is 0 Å². The monoisotopic (exact) mass is 1030 g/mol. The Kier molecular flexibility index (Phi) is 15.2. The van der Waals surface area contributed by atoms with E-state index < -0.39 is 118 Å². The van der Waals surface area contributed by atoms with E-state index in [2.05, 4.69) is 0 Å². The molecule has 0 N–H and O–H groups in total. The van der Waals surface area contributed by atoms with Crippen molar-refractivity contribution in [2.75, 3.05) is 18.5 Å². The lowest BCUT2D eigenvalue weighted by atomic mass is 9.99. The molecule has 0 saturated heterocycles. The van der Waals surface area contributed by atoms with Crippen molar-refractivity contribution in [2.24, 2.45) is 5.41 Å². The molecule has 6 aromatic rings. The third-order valence-electron chi connectivity index (χ3n) is 10.5. The summed E-state index contributed by atoms with van der Waals surface area (Å²) in [5.41, 5.74) is -9.18. The lowest BCUT2D eigenvalue weighted by Crippen LogP contribution is -2.37. The molecular weight excluding hydrogens is 999 g/mol. The van der Waals surface area contributed by atoms with Gasteiger partial charge in [-0.2, -0.15) is 79.0 Å². The molecule has 362 valence electrons. The standard InChI is InChI=1S/C47H33F18P3/c1-41(26-66(35-14-2-8-29(20-35)42(48,49)50)36-15-3-9-30(21-36)43(51,52)53,27-67(37-16-4-10-31(22-37)44(54,55)56)38-17-5-11-32(23-38)45(57,58)59)28-68(39-18-6-12-33(24-39)46(60,61)62)40-19-7-13-34(25-40)47(63,64)65/h2-25H,26-28H2,1H3. The molecule has 0 nitrogen and oxygen atoms in total. The molecule has 0 aliphatic rings. The second-order valence-electron chi connectivity index (χ2n) is 15.9. The summed E-state index contributed by atoms with van der Waals surface area (Å²) >= 11 is 0. The van der Waals surface area contributed by atoms with Crippen LogP contribution in [0.5, 0.6) is 0 Å². The smallest absolute Gasteiger partial charge is 0.166 e. The molecule has 0 aliphatic carbocycles. The van der Waals surface area contributed by atoms with Crippen LogP contribution in [-0.2, 0) is 37.1 Å². The zero-order valence-electron chi connectivity index (χ0n) is 34.6. The Morgan fingerprint density at radius 2 is 0.412 bits per heavy atom. The van der Waals surface area contributed by atoms with Gasteiger partial charge >= 0.3 is 37.1 Å². The quantitative estimate of drug-likeness (QED) is 0.0846.